The molecule has 0 aliphatic heterocycles. The predicted octanol–water partition coefficient (Wildman–Crippen LogP) is 3.18. The molecule has 3 rings (SSSR count). The lowest BCUT2D eigenvalue weighted by Gasteiger charge is -2.15. The number of benzene rings is 1. The molecular formula is C18H23N5O2. The van der Waals surface area contributed by atoms with Crippen molar-refractivity contribution in [1.82, 2.24) is 14.8 Å². The molecule has 0 fully saturated rings. The van der Waals surface area contributed by atoms with Crippen LogP contribution < -0.4 is 10.6 Å². The van der Waals surface area contributed by atoms with Gasteiger partial charge in [-0.1, -0.05) is 6.92 Å². The molecule has 2 heterocycles. The molecule has 0 radical (unpaired) electrons. The van der Waals surface area contributed by atoms with Crippen LogP contribution in [-0.2, 0) is 18.3 Å². The first-order valence-corrected chi connectivity index (χ1v) is 8.36. The largest absolute Gasteiger partial charge is 0.441 e. The molecule has 7 heteroatoms. The Morgan fingerprint density at radius 1 is 1.36 bits per heavy atom. The summed E-state index contributed by atoms with van der Waals surface area (Å²) in [5, 5.41) is 10.5. The molecule has 0 aliphatic carbocycles. The average molecular weight is 341 g/mol. The fourth-order valence-corrected chi connectivity index (χ4v) is 2.72. The van der Waals surface area contributed by atoms with Crippen LogP contribution in [0.15, 0.2) is 22.6 Å². The molecule has 0 bridgehead atoms. The zero-order valence-corrected chi connectivity index (χ0v) is 15.2. The van der Waals surface area contributed by atoms with Crippen LogP contribution in [0.25, 0.3) is 11.1 Å². The van der Waals surface area contributed by atoms with E-state index >= 15 is 0 Å². The molecule has 0 saturated carbocycles. The molecule has 0 spiro atoms. The molecule has 0 saturated heterocycles. The number of hydrogen-bond acceptors (Lipinski definition) is 5. The zero-order valence-electron chi connectivity index (χ0n) is 15.2. The first-order chi connectivity index (χ1) is 11.9. The third-order valence-electron chi connectivity index (χ3n) is 4.27. The van der Waals surface area contributed by atoms with Gasteiger partial charge in [0.05, 0.1) is 17.1 Å². The summed E-state index contributed by atoms with van der Waals surface area (Å²) < 4.78 is 7.36. The summed E-state index contributed by atoms with van der Waals surface area (Å²) in [4.78, 5) is 16.9. The Bertz CT molecular complexity index is 925. The van der Waals surface area contributed by atoms with Crippen molar-refractivity contribution >= 4 is 28.4 Å². The number of oxazole rings is 1. The number of carbonyl (C=O) groups excluding carboxylic acids is 1. The normalized spacial score (nSPS) is 12.4. The molecule has 2 N–H and O–H groups in total. The number of amides is 1. The number of fused-ring (bicyclic) bond motifs is 1. The van der Waals surface area contributed by atoms with Crippen molar-refractivity contribution < 1.29 is 9.21 Å². The van der Waals surface area contributed by atoms with Crippen molar-refractivity contribution in [2.75, 3.05) is 10.6 Å². The van der Waals surface area contributed by atoms with Crippen LogP contribution in [0.3, 0.4) is 0 Å². The Balaban J connectivity index is 1.72. The van der Waals surface area contributed by atoms with Gasteiger partial charge >= 0.3 is 0 Å². The lowest BCUT2D eigenvalue weighted by molar-refractivity contribution is -0.116. The van der Waals surface area contributed by atoms with Crippen molar-refractivity contribution in [1.29, 1.82) is 0 Å². The van der Waals surface area contributed by atoms with Crippen molar-refractivity contribution in [3.63, 3.8) is 0 Å². The van der Waals surface area contributed by atoms with E-state index in [9.17, 15) is 4.79 Å². The van der Waals surface area contributed by atoms with Crippen LogP contribution in [0, 0.1) is 13.8 Å². The number of aryl methyl sites for hydroxylation is 3. The van der Waals surface area contributed by atoms with Crippen LogP contribution in [0.1, 0.15) is 31.1 Å². The van der Waals surface area contributed by atoms with Gasteiger partial charge in [0.25, 0.3) is 0 Å². The Kier molecular flexibility index (Phi) is 4.48. The fraction of sp³-hybridized carbons (Fsp3) is 0.389. The topological polar surface area (TPSA) is 85.0 Å². The second kappa shape index (κ2) is 6.58. The highest BCUT2D eigenvalue weighted by molar-refractivity contribution is 5.97. The van der Waals surface area contributed by atoms with Gasteiger partial charge in [0, 0.05) is 19.2 Å². The first-order valence-electron chi connectivity index (χ1n) is 8.36. The first kappa shape index (κ1) is 17.0. The SMILES string of the molecule is CCc1nc2cc(NC(C)C(=O)Nc3c(C)nn(C)c3C)ccc2o1. The molecule has 1 atom stereocenters. The van der Waals surface area contributed by atoms with Gasteiger partial charge in [-0.2, -0.15) is 5.10 Å². The standard InChI is InChI=1S/C18H23N5O2/c1-6-16-20-14-9-13(7-8-15(14)25-16)19-11(3)18(24)21-17-10(2)22-23(5)12(17)4/h7-9,11,19H,6H2,1-5H3,(H,21,24). The minimum Gasteiger partial charge on any atom is -0.441 e. The molecule has 1 amide bonds. The molecule has 1 unspecified atom stereocenters. The summed E-state index contributed by atoms with van der Waals surface area (Å²) in [7, 11) is 1.86. The highest BCUT2D eigenvalue weighted by Gasteiger charge is 2.18. The van der Waals surface area contributed by atoms with E-state index in [1.165, 1.54) is 0 Å². The maximum atomic E-state index is 12.5. The highest BCUT2D eigenvalue weighted by Crippen LogP contribution is 2.22. The van der Waals surface area contributed by atoms with Gasteiger partial charge in [0.1, 0.15) is 11.6 Å². The molecule has 1 aromatic carbocycles. The van der Waals surface area contributed by atoms with Crippen LogP contribution >= 0.6 is 0 Å². The number of carbonyl (C=O) groups is 1. The van der Waals surface area contributed by atoms with Crippen LogP contribution in [0.2, 0.25) is 0 Å². The lowest BCUT2D eigenvalue weighted by atomic mass is 10.2. The molecule has 25 heavy (non-hydrogen) atoms. The van der Waals surface area contributed by atoms with Gasteiger partial charge in [-0.05, 0) is 39.0 Å². The highest BCUT2D eigenvalue weighted by atomic mass is 16.3. The van der Waals surface area contributed by atoms with E-state index in [-0.39, 0.29) is 5.91 Å². The molecule has 132 valence electrons. The molecule has 7 nitrogen and oxygen atoms in total. The minimum atomic E-state index is -0.408. The zero-order chi connectivity index (χ0) is 18.1. The summed E-state index contributed by atoms with van der Waals surface area (Å²) in [6.07, 6.45) is 0.750. The van der Waals surface area contributed by atoms with Gasteiger partial charge in [0.15, 0.2) is 11.5 Å². The maximum Gasteiger partial charge on any atom is 0.246 e. The Morgan fingerprint density at radius 2 is 2.12 bits per heavy atom. The quantitative estimate of drug-likeness (QED) is 0.744. The Morgan fingerprint density at radius 3 is 2.76 bits per heavy atom. The van der Waals surface area contributed by atoms with E-state index in [4.69, 9.17) is 4.42 Å². The fourth-order valence-electron chi connectivity index (χ4n) is 2.72. The Labute approximate surface area is 146 Å². The van der Waals surface area contributed by atoms with E-state index in [0.29, 0.717) is 5.89 Å². The van der Waals surface area contributed by atoms with E-state index in [2.05, 4.69) is 20.7 Å². The number of nitrogens with zero attached hydrogens (tertiary/aromatic N) is 3. The molecule has 0 aliphatic rings. The molecule has 3 aromatic rings. The molecular weight excluding hydrogens is 318 g/mol. The summed E-state index contributed by atoms with van der Waals surface area (Å²) >= 11 is 0. The molecule has 2 aromatic heterocycles. The third kappa shape index (κ3) is 3.35. The van der Waals surface area contributed by atoms with Crippen LogP contribution in [-0.4, -0.2) is 26.7 Å². The second-order valence-electron chi connectivity index (χ2n) is 6.17. The summed E-state index contributed by atoms with van der Waals surface area (Å²) in [6.45, 7) is 7.63. The van der Waals surface area contributed by atoms with Crippen molar-refractivity contribution in [3.8, 4) is 0 Å². The lowest BCUT2D eigenvalue weighted by Crippen LogP contribution is -2.32. The minimum absolute atomic E-state index is 0.117. The number of nitrogens with one attached hydrogen (secondary N) is 2. The number of aromatic nitrogens is 3. The number of anilines is 2. The second-order valence-corrected chi connectivity index (χ2v) is 6.17. The predicted molar refractivity (Wildman–Crippen MR) is 97.8 cm³/mol. The van der Waals surface area contributed by atoms with Gasteiger partial charge < -0.3 is 15.1 Å². The van der Waals surface area contributed by atoms with E-state index in [0.717, 1.165) is 40.3 Å². The smallest absolute Gasteiger partial charge is 0.246 e. The average Bonchev–Trinajstić information content (AvgIpc) is 3.10. The van der Waals surface area contributed by atoms with Gasteiger partial charge in [0.2, 0.25) is 5.91 Å². The summed E-state index contributed by atoms with van der Waals surface area (Å²) in [6, 6.07) is 5.23. The number of hydrogen-bond donors (Lipinski definition) is 2. The summed E-state index contributed by atoms with van der Waals surface area (Å²) in [5.41, 5.74) is 4.85. The third-order valence-corrected chi connectivity index (χ3v) is 4.27. The van der Waals surface area contributed by atoms with E-state index in [1.54, 1.807) is 4.68 Å². The monoisotopic (exact) mass is 341 g/mol. The van der Waals surface area contributed by atoms with Crippen molar-refractivity contribution in [2.24, 2.45) is 7.05 Å². The van der Waals surface area contributed by atoms with Crippen LogP contribution in [0.5, 0.6) is 0 Å². The van der Waals surface area contributed by atoms with Crippen molar-refractivity contribution in [3.05, 3.63) is 35.5 Å². The number of rotatable bonds is 5. The van der Waals surface area contributed by atoms with E-state index in [1.807, 2.05) is 52.9 Å². The van der Waals surface area contributed by atoms with Gasteiger partial charge in [-0.25, -0.2) is 4.98 Å². The van der Waals surface area contributed by atoms with Gasteiger partial charge in [-0.3, -0.25) is 9.48 Å². The maximum absolute atomic E-state index is 12.5. The Hall–Kier alpha value is -2.83. The van der Waals surface area contributed by atoms with Crippen LogP contribution in [0.4, 0.5) is 11.4 Å². The van der Waals surface area contributed by atoms with Gasteiger partial charge in [-0.15, -0.1) is 0 Å². The summed E-state index contributed by atoms with van der Waals surface area (Å²) in [5.74, 6) is 0.592. The van der Waals surface area contributed by atoms with E-state index < -0.39 is 6.04 Å². The van der Waals surface area contributed by atoms with Crippen molar-refractivity contribution in [2.45, 2.75) is 40.2 Å².